The topological polar surface area (TPSA) is 51.8 Å². The first kappa shape index (κ1) is 12.7. The summed E-state index contributed by atoms with van der Waals surface area (Å²) in [4.78, 5) is 9.07. The van der Waals surface area contributed by atoms with Gasteiger partial charge < -0.3 is 5.73 Å². The summed E-state index contributed by atoms with van der Waals surface area (Å²) in [5.41, 5.74) is 8.89. The summed E-state index contributed by atoms with van der Waals surface area (Å²) in [6.45, 7) is 4.01. The van der Waals surface area contributed by atoms with Crippen LogP contribution in [0.2, 0.25) is 0 Å². The molecule has 0 amide bonds. The molecule has 1 unspecified atom stereocenters. The Morgan fingerprint density at radius 3 is 2.56 bits per heavy atom. The first-order valence-corrected chi connectivity index (χ1v) is 6.30. The summed E-state index contributed by atoms with van der Waals surface area (Å²) >= 11 is 0. The predicted molar refractivity (Wildman–Crippen MR) is 74.2 cm³/mol. The van der Waals surface area contributed by atoms with Gasteiger partial charge in [-0.05, 0) is 26.3 Å². The molecule has 3 heteroatoms. The van der Waals surface area contributed by atoms with Crippen molar-refractivity contribution in [3.05, 3.63) is 47.9 Å². The van der Waals surface area contributed by atoms with Crippen molar-refractivity contribution in [3.8, 4) is 11.3 Å². The van der Waals surface area contributed by atoms with Crippen LogP contribution in [0.25, 0.3) is 11.3 Å². The van der Waals surface area contributed by atoms with Crippen molar-refractivity contribution in [2.75, 3.05) is 0 Å². The van der Waals surface area contributed by atoms with Gasteiger partial charge in [-0.1, -0.05) is 30.3 Å². The van der Waals surface area contributed by atoms with Gasteiger partial charge in [0.2, 0.25) is 0 Å². The van der Waals surface area contributed by atoms with E-state index in [4.69, 9.17) is 5.73 Å². The first-order chi connectivity index (χ1) is 8.65. The van der Waals surface area contributed by atoms with Gasteiger partial charge in [0.05, 0.1) is 5.69 Å². The van der Waals surface area contributed by atoms with Crippen molar-refractivity contribution in [2.45, 2.75) is 32.7 Å². The highest BCUT2D eigenvalue weighted by Crippen LogP contribution is 2.17. The fourth-order valence-electron chi connectivity index (χ4n) is 1.86. The van der Waals surface area contributed by atoms with E-state index in [1.54, 1.807) is 0 Å². The summed E-state index contributed by atoms with van der Waals surface area (Å²) in [6.07, 6.45) is 1.75. The fourth-order valence-corrected chi connectivity index (χ4v) is 1.86. The maximum absolute atomic E-state index is 5.77. The molecule has 3 nitrogen and oxygen atoms in total. The second-order valence-corrected chi connectivity index (χ2v) is 4.69. The van der Waals surface area contributed by atoms with Crippen molar-refractivity contribution in [2.24, 2.45) is 5.73 Å². The number of nitrogens with two attached hydrogens (primary N) is 1. The van der Waals surface area contributed by atoms with Crippen LogP contribution in [0.5, 0.6) is 0 Å². The number of hydrogen-bond acceptors (Lipinski definition) is 3. The minimum atomic E-state index is 0.189. The quantitative estimate of drug-likeness (QED) is 0.895. The van der Waals surface area contributed by atoms with Crippen LogP contribution in [-0.4, -0.2) is 16.0 Å². The SMILES string of the molecule is Cc1cc(-c2ccccc2)nc(CCC(C)N)n1. The Morgan fingerprint density at radius 1 is 1.17 bits per heavy atom. The van der Waals surface area contributed by atoms with Gasteiger partial charge in [0, 0.05) is 23.7 Å². The molecule has 1 aromatic carbocycles. The Labute approximate surface area is 108 Å². The van der Waals surface area contributed by atoms with Gasteiger partial charge in [-0.25, -0.2) is 9.97 Å². The van der Waals surface area contributed by atoms with Gasteiger partial charge in [0.1, 0.15) is 5.82 Å². The van der Waals surface area contributed by atoms with Gasteiger partial charge in [0.25, 0.3) is 0 Å². The zero-order chi connectivity index (χ0) is 13.0. The highest BCUT2D eigenvalue weighted by atomic mass is 14.9. The molecule has 1 atom stereocenters. The molecule has 0 spiro atoms. The molecule has 2 rings (SSSR count). The van der Waals surface area contributed by atoms with Crippen molar-refractivity contribution in [1.29, 1.82) is 0 Å². The number of rotatable bonds is 4. The van der Waals surface area contributed by atoms with Crippen LogP contribution in [0, 0.1) is 6.92 Å². The molecule has 0 aliphatic carbocycles. The van der Waals surface area contributed by atoms with E-state index in [1.807, 2.05) is 38.1 Å². The molecule has 2 N–H and O–H groups in total. The van der Waals surface area contributed by atoms with E-state index in [2.05, 4.69) is 22.1 Å². The van der Waals surface area contributed by atoms with Crippen molar-refractivity contribution in [1.82, 2.24) is 9.97 Å². The number of aromatic nitrogens is 2. The molecule has 0 bridgehead atoms. The Kier molecular flexibility index (Phi) is 4.05. The van der Waals surface area contributed by atoms with E-state index in [-0.39, 0.29) is 6.04 Å². The third-order valence-corrected chi connectivity index (χ3v) is 2.79. The van der Waals surface area contributed by atoms with Crippen molar-refractivity contribution < 1.29 is 0 Å². The fraction of sp³-hybridized carbons (Fsp3) is 0.333. The molecule has 1 heterocycles. The zero-order valence-corrected chi connectivity index (χ0v) is 10.9. The van der Waals surface area contributed by atoms with E-state index < -0.39 is 0 Å². The molecule has 94 valence electrons. The molecule has 0 aliphatic rings. The van der Waals surface area contributed by atoms with Crippen molar-refractivity contribution >= 4 is 0 Å². The Morgan fingerprint density at radius 2 is 1.89 bits per heavy atom. The van der Waals surface area contributed by atoms with Crippen LogP contribution >= 0.6 is 0 Å². The molecule has 0 saturated carbocycles. The second kappa shape index (κ2) is 5.74. The molecule has 0 aliphatic heterocycles. The van der Waals surface area contributed by atoms with Crippen LogP contribution in [-0.2, 0) is 6.42 Å². The monoisotopic (exact) mass is 241 g/mol. The summed E-state index contributed by atoms with van der Waals surface area (Å²) in [5, 5.41) is 0. The lowest BCUT2D eigenvalue weighted by molar-refractivity contribution is 0.647. The smallest absolute Gasteiger partial charge is 0.129 e. The lowest BCUT2D eigenvalue weighted by atomic mass is 10.1. The maximum Gasteiger partial charge on any atom is 0.129 e. The Balaban J connectivity index is 2.27. The van der Waals surface area contributed by atoms with Gasteiger partial charge in [0.15, 0.2) is 0 Å². The molecule has 1 aromatic heterocycles. The summed E-state index contributed by atoms with van der Waals surface area (Å²) in [7, 11) is 0. The van der Waals surface area contributed by atoms with Crippen LogP contribution in [0.15, 0.2) is 36.4 Å². The second-order valence-electron chi connectivity index (χ2n) is 4.69. The minimum Gasteiger partial charge on any atom is -0.328 e. The van der Waals surface area contributed by atoms with Gasteiger partial charge in [-0.15, -0.1) is 0 Å². The average molecular weight is 241 g/mol. The predicted octanol–water partition coefficient (Wildman–Crippen LogP) is 2.73. The number of hydrogen-bond donors (Lipinski definition) is 1. The Bertz CT molecular complexity index is 506. The van der Waals surface area contributed by atoms with E-state index in [9.17, 15) is 0 Å². The van der Waals surface area contributed by atoms with Gasteiger partial charge >= 0.3 is 0 Å². The molecule has 0 fully saturated rings. The first-order valence-electron chi connectivity index (χ1n) is 6.30. The lowest BCUT2D eigenvalue weighted by Gasteiger charge is -2.07. The van der Waals surface area contributed by atoms with Crippen molar-refractivity contribution in [3.63, 3.8) is 0 Å². The standard InChI is InChI=1S/C15H19N3/c1-11(16)8-9-15-17-12(2)10-14(18-15)13-6-4-3-5-7-13/h3-7,10-11H,8-9,16H2,1-2H3. The molecular formula is C15H19N3. The zero-order valence-electron chi connectivity index (χ0n) is 10.9. The highest BCUT2D eigenvalue weighted by molar-refractivity contribution is 5.58. The lowest BCUT2D eigenvalue weighted by Crippen LogP contribution is -2.16. The summed E-state index contributed by atoms with van der Waals surface area (Å²) < 4.78 is 0. The average Bonchev–Trinajstić information content (AvgIpc) is 2.37. The molecule has 18 heavy (non-hydrogen) atoms. The van der Waals surface area contributed by atoms with Gasteiger partial charge in [-0.3, -0.25) is 0 Å². The van der Waals surface area contributed by atoms with Gasteiger partial charge in [-0.2, -0.15) is 0 Å². The highest BCUT2D eigenvalue weighted by Gasteiger charge is 2.05. The normalized spacial score (nSPS) is 12.4. The molecule has 2 aromatic rings. The van der Waals surface area contributed by atoms with Crippen LogP contribution in [0.4, 0.5) is 0 Å². The summed E-state index contributed by atoms with van der Waals surface area (Å²) in [6, 6.07) is 12.4. The van der Waals surface area contributed by atoms with Crippen LogP contribution in [0.3, 0.4) is 0 Å². The molecule has 0 saturated heterocycles. The number of nitrogens with zero attached hydrogens (tertiary/aromatic N) is 2. The number of benzene rings is 1. The summed E-state index contributed by atoms with van der Waals surface area (Å²) in [5.74, 6) is 0.881. The van der Waals surface area contributed by atoms with E-state index >= 15 is 0 Å². The maximum atomic E-state index is 5.77. The Hall–Kier alpha value is -1.74. The largest absolute Gasteiger partial charge is 0.328 e. The van der Waals surface area contributed by atoms with E-state index in [1.165, 1.54) is 0 Å². The molecular weight excluding hydrogens is 222 g/mol. The number of aryl methyl sites for hydroxylation is 2. The van der Waals surface area contributed by atoms with Crippen LogP contribution in [0.1, 0.15) is 24.9 Å². The third kappa shape index (κ3) is 3.37. The van der Waals surface area contributed by atoms with E-state index in [0.29, 0.717) is 0 Å². The minimum absolute atomic E-state index is 0.189. The third-order valence-electron chi connectivity index (χ3n) is 2.79. The van der Waals surface area contributed by atoms with E-state index in [0.717, 1.165) is 35.6 Å². The molecule has 0 radical (unpaired) electrons. The van der Waals surface area contributed by atoms with Crippen LogP contribution < -0.4 is 5.73 Å².